The minimum Gasteiger partial charge on any atom is -0.493 e. The minimum atomic E-state index is 0.625. The third kappa shape index (κ3) is 3.54. The Labute approximate surface area is 123 Å². The van der Waals surface area contributed by atoms with E-state index >= 15 is 0 Å². The number of methoxy groups -OCH3 is 2. The molecule has 4 nitrogen and oxygen atoms in total. The van der Waals surface area contributed by atoms with Crippen LogP contribution >= 0.6 is 11.6 Å². The molecule has 0 unspecified atom stereocenters. The highest BCUT2D eigenvalue weighted by atomic mass is 35.5. The van der Waals surface area contributed by atoms with Gasteiger partial charge in [0, 0.05) is 18.9 Å². The first-order valence-corrected chi connectivity index (χ1v) is 6.66. The van der Waals surface area contributed by atoms with Crippen LogP contribution < -0.4 is 14.8 Å². The van der Waals surface area contributed by atoms with Crippen molar-refractivity contribution < 1.29 is 9.47 Å². The Morgan fingerprint density at radius 3 is 2.65 bits per heavy atom. The molecule has 1 N–H and O–H groups in total. The Hall–Kier alpha value is -1.94. The van der Waals surface area contributed by atoms with Gasteiger partial charge in [0.1, 0.15) is 0 Å². The molecule has 0 amide bonds. The molecule has 0 atom stereocenters. The maximum atomic E-state index is 6.03. The number of rotatable bonds is 6. The topological polar surface area (TPSA) is 43.4 Å². The van der Waals surface area contributed by atoms with Crippen LogP contribution in [0.4, 0.5) is 5.69 Å². The summed E-state index contributed by atoms with van der Waals surface area (Å²) in [6.07, 6.45) is 4.20. The first kappa shape index (κ1) is 14.5. The molecule has 0 aliphatic heterocycles. The van der Waals surface area contributed by atoms with Crippen molar-refractivity contribution in [2.24, 2.45) is 0 Å². The van der Waals surface area contributed by atoms with Crippen LogP contribution in [-0.4, -0.2) is 25.7 Å². The molecule has 2 rings (SSSR count). The molecule has 0 saturated carbocycles. The normalized spacial score (nSPS) is 10.2. The van der Waals surface area contributed by atoms with Crippen molar-refractivity contribution in [3.63, 3.8) is 0 Å². The molecule has 106 valence electrons. The van der Waals surface area contributed by atoms with Gasteiger partial charge < -0.3 is 14.8 Å². The second-order valence-corrected chi connectivity index (χ2v) is 4.63. The fourth-order valence-corrected chi connectivity index (χ4v) is 2.08. The fraction of sp³-hybridized carbons (Fsp3) is 0.267. The molecule has 5 heteroatoms. The molecular formula is C15H17ClN2O2. The summed E-state index contributed by atoms with van der Waals surface area (Å²) < 4.78 is 10.5. The van der Waals surface area contributed by atoms with Gasteiger partial charge in [0.25, 0.3) is 0 Å². The molecule has 2 aromatic rings. The van der Waals surface area contributed by atoms with E-state index in [2.05, 4.69) is 10.3 Å². The Kier molecular flexibility index (Phi) is 5.07. The van der Waals surface area contributed by atoms with Crippen molar-refractivity contribution in [1.82, 2.24) is 4.98 Å². The number of nitrogens with zero attached hydrogens (tertiary/aromatic N) is 1. The lowest BCUT2D eigenvalue weighted by molar-refractivity contribution is 0.354. The van der Waals surface area contributed by atoms with Gasteiger partial charge in [-0.1, -0.05) is 17.7 Å². The van der Waals surface area contributed by atoms with Crippen molar-refractivity contribution in [2.75, 3.05) is 26.1 Å². The zero-order valence-electron chi connectivity index (χ0n) is 11.5. The highest BCUT2D eigenvalue weighted by Crippen LogP contribution is 2.27. The van der Waals surface area contributed by atoms with E-state index < -0.39 is 0 Å². The van der Waals surface area contributed by atoms with Crippen molar-refractivity contribution >= 4 is 17.3 Å². The summed E-state index contributed by atoms with van der Waals surface area (Å²) in [5, 5.41) is 3.91. The van der Waals surface area contributed by atoms with Crippen LogP contribution in [0, 0.1) is 0 Å². The molecule has 1 heterocycles. The monoisotopic (exact) mass is 292 g/mol. The van der Waals surface area contributed by atoms with Crippen LogP contribution in [0.2, 0.25) is 5.02 Å². The lowest BCUT2D eigenvalue weighted by atomic mass is 10.1. The number of nitrogens with one attached hydrogen (secondary N) is 1. The van der Waals surface area contributed by atoms with E-state index in [-0.39, 0.29) is 0 Å². The SMILES string of the molecule is COc1ccc(CCNc2ccncc2Cl)cc1OC. The van der Waals surface area contributed by atoms with Gasteiger partial charge in [-0.25, -0.2) is 0 Å². The van der Waals surface area contributed by atoms with Crippen molar-refractivity contribution in [2.45, 2.75) is 6.42 Å². The smallest absolute Gasteiger partial charge is 0.160 e. The van der Waals surface area contributed by atoms with Gasteiger partial charge in [0.05, 0.1) is 24.9 Å². The maximum Gasteiger partial charge on any atom is 0.160 e. The van der Waals surface area contributed by atoms with E-state index in [0.29, 0.717) is 5.02 Å². The Bertz CT molecular complexity index is 576. The molecule has 0 aliphatic rings. The predicted molar refractivity (Wildman–Crippen MR) is 81.0 cm³/mol. The summed E-state index contributed by atoms with van der Waals surface area (Å²) in [6, 6.07) is 7.77. The standard InChI is InChI=1S/C15H17ClN2O2/c1-19-14-4-3-11(9-15(14)20-2)5-8-18-13-6-7-17-10-12(13)16/h3-4,6-7,9-10H,5,8H2,1-2H3,(H,17,18). The molecule has 0 saturated heterocycles. The average Bonchev–Trinajstić information content (AvgIpc) is 2.49. The maximum absolute atomic E-state index is 6.03. The number of hydrogen-bond acceptors (Lipinski definition) is 4. The third-order valence-corrected chi connectivity index (χ3v) is 3.25. The Balaban J connectivity index is 1.96. The Morgan fingerprint density at radius 2 is 1.95 bits per heavy atom. The van der Waals surface area contributed by atoms with Gasteiger partial charge in [-0.15, -0.1) is 0 Å². The van der Waals surface area contributed by atoms with Gasteiger partial charge in [-0.2, -0.15) is 0 Å². The van der Waals surface area contributed by atoms with E-state index in [1.807, 2.05) is 24.3 Å². The zero-order valence-corrected chi connectivity index (χ0v) is 12.3. The predicted octanol–water partition coefficient (Wildman–Crippen LogP) is 3.41. The number of anilines is 1. The highest BCUT2D eigenvalue weighted by Gasteiger charge is 2.04. The number of pyridine rings is 1. The molecule has 1 aromatic carbocycles. The number of aromatic nitrogens is 1. The van der Waals surface area contributed by atoms with Crippen LogP contribution in [0.3, 0.4) is 0 Å². The minimum absolute atomic E-state index is 0.625. The lowest BCUT2D eigenvalue weighted by Gasteiger charge is -2.11. The molecule has 0 radical (unpaired) electrons. The van der Waals surface area contributed by atoms with E-state index in [1.165, 1.54) is 5.56 Å². The number of halogens is 1. The molecule has 20 heavy (non-hydrogen) atoms. The van der Waals surface area contributed by atoms with E-state index in [9.17, 15) is 0 Å². The van der Waals surface area contributed by atoms with Gasteiger partial charge in [-0.05, 0) is 30.2 Å². The van der Waals surface area contributed by atoms with Crippen LogP contribution in [0.25, 0.3) is 0 Å². The molecular weight excluding hydrogens is 276 g/mol. The molecule has 1 aromatic heterocycles. The summed E-state index contributed by atoms with van der Waals surface area (Å²) in [5.74, 6) is 1.48. The van der Waals surface area contributed by atoms with Crippen molar-refractivity contribution in [3.8, 4) is 11.5 Å². The van der Waals surface area contributed by atoms with E-state index in [4.69, 9.17) is 21.1 Å². The second-order valence-electron chi connectivity index (χ2n) is 4.22. The van der Waals surface area contributed by atoms with Crippen molar-refractivity contribution in [3.05, 3.63) is 47.2 Å². The summed E-state index contributed by atoms with van der Waals surface area (Å²) in [7, 11) is 3.27. The molecule has 0 fully saturated rings. The second kappa shape index (κ2) is 7.01. The molecule has 0 bridgehead atoms. The largest absolute Gasteiger partial charge is 0.493 e. The molecule has 0 aliphatic carbocycles. The third-order valence-electron chi connectivity index (χ3n) is 2.95. The van der Waals surface area contributed by atoms with Gasteiger partial charge in [0.2, 0.25) is 0 Å². The van der Waals surface area contributed by atoms with Gasteiger partial charge in [-0.3, -0.25) is 4.98 Å². The van der Waals surface area contributed by atoms with Crippen LogP contribution in [0.5, 0.6) is 11.5 Å². The average molecular weight is 293 g/mol. The summed E-state index contributed by atoms with van der Waals surface area (Å²) >= 11 is 6.03. The summed E-state index contributed by atoms with van der Waals surface area (Å²) in [6.45, 7) is 0.777. The number of benzene rings is 1. The first-order chi connectivity index (χ1) is 9.74. The fourth-order valence-electron chi connectivity index (χ4n) is 1.90. The number of ether oxygens (including phenoxy) is 2. The summed E-state index contributed by atoms with van der Waals surface area (Å²) in [5.41, 5.74) is 2.06. The van der Waals surface area contributed by atoms with Gasteiger partial charge in [0.15, 0.2) is 11.5 Å². The van der Waals surface area contributed by atoms with Crippen LogP contribution in [0.15, 0.2) is 36.7 Å². The van der Waals surface area contributed by atoms with E-state index in [0.717, 1.165) is 30.2 Å². The van der Waals surface area contributed by atoms with Gasteiger partial charge >= 0.3 is 0 Å². The first-order valence-electron chi connectivity index (χ1n) is 6.29. The molecule has 0 spiro atoms. The summed E-state index contributed by atoms with van der Waals surface area (Å²) in [4.78, 5) is 3.95. The quantitative estimate of drug-likeness (QED) is 0.886. The van der Waals surface area contributed by atoms with Crippen LogP contribution in [0.1, 0.15) is 5.56 Å². The zero-order chi connectivity index (χ0) is 14.4. The Morgan fingerprint density at radius 1 is 1.15 bits per heavy atom. The van der Waals surface area contributed by atoms with E-state index in [1.54, 1.807) is 26.6 Å². The number of hydrogen-bond donors (Lipinski definition) is 1. The highest BCUT2D eigenvalue weighted by molar-refractivity contribution is 6.33. The van der Waals surface area contributed by atoms with Crippen molar-refractivity contribution in [1.29, 1.82) is 0 Å². The lowest BCUT2D eigenvalue weighted by Crippen LogP contribution is -2.05. The van der Waals surface area contributed by atoms with Crippen LogP contribution in [-0.2, 0) is 6.42 Å².